The summed E-state index contributed by atoms with van der Waals surface area (Å²) in [6.07, 6.45) is 2.11. The van der Waals surface area contributed by atoms with Crippen LogP contribution in [0.4, 0.5) is 0 Å². The molecule has 5 heteroatoms. The number of esters is 1. The van der Waals surface area contributed by atoms with Crippen molar-refractivity contribution >= 4 is 12.0 Å². The van der Waals surface area contributed by atoms with Crippen LogP contribution in [-0.2, 0) is 9.53 Å². The van der Waals surface area contributed by atoms with Gasteiger partial charge in [0.1, 0.15) is 6.07 Å². The van der Waals surface area contributed by atoms with E-state index in [1.165, 1.54) is 13.0 Å². The van der Waals surface area contributed by atoms with E-state index in [1.54, 1.807) is 24.3 Å². The van der Waals surface area contributed by atoms with Gasteiger partial charge in [-0.2, -0.15) is 5.26 Å². The van der Waals surface area contributed by atoms with Gasteiger partial charge in [-0.05, 0) is 30.7 Å². The molecule has 1 aromatic rings. The lowest BCUT2D eigenvalue weighted by Gasteiger charge is -2.01. The van der Waals surface area contributed by atoms with Crippen LogP contribution in [0.25, 0.3) is 6.08 Å². The fourth-order valence-electron chi connectivity index (χ4n) is 1.42. The van der Waals surface area contributed by atoms with E-state index in [2.05, 4.69) is 0 Å². The molecule has 1 heterocycles. The Bertz CT molecular complexity index is 530. The van der Waals surface area contributed by atoms with Crippen LogP contribution in [0.5, 0.6) is 11.5 Å². The first kappa shape index (κ1) is 12.0. The van der Waals surface area contributed by atoms with Gasteiger partial charge in [0.15, 0.2) is 17.6 Å². The third kappa shape index (κ3) is 2.80. The molecule has 0 unspecified atom stereocenters. The minimum Gasteiger partial charge on any atom is -0.454 e. The summed E-state index contributed by atoms with van der Waals surface area (Å²) in [5, 5.41) is 8.49. The summed E-state index contributed by atoms with van der Waals surface area (Å²) >= 11 is 0. The van der Waals surface area contributed by atoms with E-state index in [0.717, 1.165) is 5.56 Å². The van der Waals surface area contributed by atoms with E-state index < -0.39 is 12.1 Å². The Balaban J connectivity index is 2.01. The van der Waals surface area contributed by atoms with Crippen molar-refractivity contribution < 1.29 is 19.0 Å². The highest BCUT2D eigenvalue weighted by Crippen LogP contribution is 2.32. The Kier molecular flexibility index (Phi) is 3.49. The van der Waals surface area contributed by atoms with Crippen molar-refractivity contribution in [3.8, 4) is 17.6 Å². The minimum atomic E-state index is -0.751. The molecule has 0 N–H and O–H groups in total. The van der Waals surface area contributed by atoms with Gasteiger partial charge in [0.2, 0.25) is 6.79 Å². The van der Waals surface area contributed by atoms with Gasteiger partial charge in [0.05, 0.1) is 0 Å². The molecule has 1 aliphatic rings. The molecule has 0 bridgehead atoms. The van der Waals surface area contributed by atoms with E-state index in [-0.39, 0.29) is 6.79 Å². The fraction of sp³-hybridized carbons (Fsp3) is 0.231. The van der Waals surface area contributed by atoms with Crippen molar-refractivity contribution in [1.82, 2.24) is 0 Å². The molecule has 0 fully saturated rings. The summed E-state index contributed by atoms with van der Waals surface area (Å²) in [4.78, 5) is 11.3. The van der Waals surface area contributed by atoms with E-state index in [4.69, 9.17) is 19.5 Å². The number of carbonyl (C=O) groups excluding carboxylic acids is 1. The van der Waals surface area contributed by atoms with Crippen LogP contribution in [0.1, 0.15) is 12.5 Å². The second-order valence-corrected chi connectivity index (χ2v) is 3.65. The lowest BCUT2D eigenvalue weighted by Crippen LogP contribution is -2.10. The van der Waals surface area contributed by atoms with Gasteiger partial charge >= 0.3 is 5.97 Å². The number of rotatable bonds is 3. The van der Waals surface area contributed by atoms with Crippen molar-refractivity contribution in [3.05, 3.63) is 29.8 Å². The Labute approximate surface area is 104 Å². The Morgan fingerprint density at radius 2 is 2.28 bits per heavy atom. The first-order valence-electron chi connectivity index (χ1n) is 5.37. The average Bonchev–Trinajstić information content (AvgIpc) is 2.83. The Morgan fingerprint density at radius 3 is 3.06 bits per heavy atom. The quantitative estimate of drug-likeness (QED) is 0.600. The minimum absolute atomic E-state index is 0.213. The number of benzene rings is 1. The molecular weight excluding hydrogens is 234 g/mol. The van der Waals surface area contributed by atoms with Crippen LogP contribution in [0.15, 0.2) is 24.3 Å². The molecule has 0 saturated heterocycles. The van der Waals surface area contributed by atoms with Gasteiger partial charge in [-0.15, -0.1) is 0 Å². The normalized spacial score (nSPS) is 14.2. The lowest BCUT2D eigenvalue weighted by molar-refractivity contribution is -0.139. The largest absolute Gasteiger partial charge is 0.454 e. The highest BCUT2D eigenvalue weighted by Gasteiger charge is 2.12. The molecule has 0 aromatic heterocycles. The van der Waals surface area contributed by atoms with Gasteiger partial charge in [-0.3, -0.25) is 0 Å². The zero-order chi connectivity index (χ0) is 13.0. The number of ether oxygens (including phenoxy) is 3. The number of carbonyl (C=O) groups is 1. The number of nitriles is 1. The Hall–Kier alpha value is -2.48. The first-order chi connectivity index (χ1) is 8.69. The predicted molar refractivity (Wildman–Crippen MR) is 62.8 cm³/mol. The molecule has 1 aliphatic heterocycles. The van der Waals surface area contributed by atoms with E-state index in [1.807, 2.05) is 6.07 Å². The fourth-order valence-corrected chi connectivity index (χ4v) is 1.42. The Morgan fingerprint density at radius 1 is 1.50 bits per heavy atom. The second-order valence-electron chi connectivity index (χ2n) is 3.65. The molecule has 0 radical (unpaired) electrons. The lowest BCUT2D eigenvalue weighted by atomic mass is 10.2. The van der Waals surface area contributed by atoms with Gasteiger partial charge in [0.25, 0.3) is 0 Å². The maximum absolute atomic E-state index is 11.3. The molecule has 2 rings (SSSR count). The van der Waals surface area contributed by atoms with Crippen molar-refractivity contribution in [3.63, 3.8) is 0 Å². The van der Waals surface area contributed by atoms with Crippen LogP contribution in [0, 0.1) is 11.3 Å². The zero-order valence-corrected chi connectivity index (χ0v) is 9.75. The number of hydrogen-bond acceptors (Lipinski definition) is 5. The van der Waals surface area contributed by atoms with Crippen LogP contribution < -0.4 is 9.47 Å². The molecule has 1 atom stereocenters. The van der Waals surface area contributed by atoms with Crippen molar-refractivity contribution in [1.29, 1.82) is 5.26 Å². The molecule has 0 aliphatic carbocycles. The SMILES string of the molecule is C[C@H](C#N)OC(=O)/C=C/c1ccc2c(c1)OCO2. The maximum atomic E-state index is 11.3. The topological polar surface area (TPSA) is 68.5 Å². The number of hydrogen-bond donors (Lipinski definition) is 0. The van der Waals surface area contributed by atoms with Crippen LogP contribution in [0.3, 0.4) is 0 Å². The van der Waals surface area contributed by atoms with E-state index in [9.17, 15) is 4.79 Å². The molecule has 0 amide bonds. The summed E-state index contributed by atoms with van der Waals surface area (Å²) < 4.78 is 15.2. The van der Waals surface area contributed by atoms with Crippen LogP contribution in [-0.4, -0.2) is 18.9 Å². The maximum Gasteiger partial charge on any atom is 0.332 e. The molecule has 1 aromatic carbocycles. The summed E-state index contributed by atoms with van der Waals surface area (Å²) in [6, 6.07) is 7.14. The predicted octanol–water partition coefficient (Wildman–Crippen LogP) is 1.88. The molecule has 92 valence electrons. The number of nitrogens with zero attached hydrogens (tertiary/aromatic N) is 1. The summed E-state index contributed by atoms with van der Waals surface area (Å²) in [5.41, 5.74) is 0.792. The second kappa shape index (κ2) is 5.23. The van der Waals surface area contributed by atoms with E-state index in [0.29, 0.717) is 11.5 Å². The highest BCUT2D eigenvalue weighted by molar-refractivity contribution is 5.87. The van der Waals surface area contributed by atoms with Crippen LogP contribution in [0.2, 0.25) is 0 Å². The zero-order valence-electron chi connectivity index (χ0n) is 9.75. The molecule has 0 saturated carbocycles. The smallest absolute Gasteiger partial charge is 0.332 e. The van der Waals surface area contributed by atoms with Gasteiger partial charge in [0, 0.05) is 6.08 Å². The van der Waals surface area contributed by atoms with E-state index >= 15 is 0 Å². The van der Waals surface area contributed by atoms with Crippen LogP contribution >= 0.6 is 0 Å². The molecule has 18 heavy (non-hydrogen) atoms. The summed E-state index contributed by atoms with van der Waals surface area (Å²) in [5.74, 6) is 0.783. The van der Waals surface area contributed by atoms with Crippen molar-refractivity contribution in [2.45, 2.75) is 13.0 Å². The summed E-state index contributed by atoms with van der Waals surface area (Å²) in [6.45, 7) is 1.72. The first-order valence-corrected chi connectivity index (χ1v) is 5.37. The molecule has 5 nitrogen and oxygen atoms in total. The van der Waals surface area contributed by atoms with Gasteiger partial charge in [-0.1, -0.05) is 6.07 Å². The standard InChI is InChI=1S/C13H11NO4/c1-9(7-14)18-13(15)5-3-10-2-4-11-12(6-10)17-8-16-11/h2-6,9H,8H2,1H3/b5-3+/t9-/m1/s1. The monoisotopic (exact) mass is 245 g/mol. The third-order valence-electron chi connectivity index (χ3n) is 2.28. The number of fused-ring (bicyclic) bond motifs is 1. The third-order valence-corrected chi connectivity index (χ3v) is 2.28. The van der Waals surface area contributed by atoms with Gasteiger partial charge < -0.3 is 14.2 Å². The molecular formula is C13H11NO4. The van der Waals surface area contributed by atoms with Gasteiger partial charge in [-0.25, -0.2) is 4.79 Å². The van der Waals surface area contributed by atoms with Crippen molar-refractivity contribution in [2.24, 2.45) is 0 Å². The highest BCUT2D eigenvalue weighted by atomic mass is 16.7. The molecule has 0 spiro atoms. The summed E-state index contributed by atoms with van der Waals surface area (Å²) in [7, 11) is 0. The van der Waals surface area contributed by atoms with Crippen molar-refractivity contribution in [2.75, 3.05) is 6.79 Å². The average molecular weight is 245 g/mol.